The van der Waals surface area contributed by atoms with Gasteiger partial charge in [0, 0.05) is 13.0 Å². The van der Waals surface area contributed by atoms with Gasteiger partial charge < -0.3 is 14.9 Å². The molecule has 1 amide bonds. The van der Waals surface area contributed by atoms with Crippen molar-refractivity contribution in [3.05, 3.63) is 17.8 Å². The average Bonchev–Trinajstić information content (AvgIpc) is 2.77. The van der Waals surface area contributed by atoms with Crippen molar-refractivity contribution in [2.75, 3.05) is 20.2 Å². The van der Waals surface area contributed by atoms with Crippen molar-refractivity contribution < 1.29 is 13.9 Å². The Morgan fingerprint density at radius 3 is 3.31 bits per heavy atom. The quantitative estimate of drug-likeness (QED) is 0.800. The van der Waals surface area contributed by atoms with Crippen LogP contribution in [0.25, 0.3) is 0 Å². The summed E-state index contributed by atoms with van der Waals surface area (Å²) in [6, 6.07) is -0.149. The Hall–Kier alpha value is -1.56. The van der Waals surface area contributed by atoms with Gasteiger partial charge in [0.25, 0.3) is 0 Å². The largest absolute Gasteiger partial charge is 0.453 e. The van der Waals surface area contributed by atoms with E-state index in [0.29, 0.717) is 25.9 Å². The molecule has 0 spiro atoms. The molecule has 1 aliphatic rings. The summed E-state index contributed by atoms with van der Waals surface area (Å²) in [5.74, 6) is 0.738. The van der Waals surface area contributed by atoms with Crippen LogP contribution < -0.4 is 5.73 Å². The Morgan fingerprint density at radius 1 is 1.81 bits per heavy atom. The van der Waals surface area contributed by atoms with E-state index in [1.165, 1.54) is 13.5 Å². The molecule has 2 N–H and O–H groups in total. The van der Waals surface area contributed by atoms with E-state index in [-0.39, 0.29) is 12.1 Å². The molecule has 1 unspecified atom stereocenters. The first-order valence-corrected chi connectivity index (χ1v) is 5.24. The first kappa shape index (κ1) is 10.9. The predicted molar refractivity (Wildman–Crippen MR) is 55.7 cm³/mol. The molecule has 1 aromatic heterocycles. The number of nitrogens with zero attached hydrogens (tertiary/aromatic N) is 2. The molecule has 0 aromatic carbocycles. The van der Waals surface area contributed by atoms with E-state index >= 15 is 0 Å². The highest BCUT2D eigenvalue weighted by atomic mass is 16.5. The summed E-state index contributed by atoms with van der Waals surface area (Å²) in [6.45, 7) is 1.08. The van der Waals surface area contributed by atoms with Crippen LogP contribution in [0, 0.1) is 0 Å². The van der Waals surface area contributed by atoms with Crippen LogP contribution >= 0.6 is 0 Å². The van der Waals surface area contributed by atoms with E-state index in [9.17, 15) is 4.79 Å². The van der Waals surface area contributed by atoms with Crippen LogP contribution in [0.3, 0.4) is 0 Å². The SMILES string of the molecule is COC(=O)N1CCc2ncoc2C1CCN. The molecule has 2 heterocycles. The molecule has 0 radical (unpaired) electrons. The Kier molecular flexibility index (Phi) is 3.09. The summed E-state index contributed by atoms with van der Waals surface area (Å²) in [5.41, 5.74) is 6.46. The van der Waals surface area contributed by atoms with E-state index in [0.717, 1.165) is 11.5 Å². The third-order valence-corrected chi connectivity index (χ3v) is 2.79. The van der Waals surface area contributed by atoms with Gasteiger partial charge in [0.15, 0.2) is 6.39 Å². The van der Waals surface area contributed by atoms with Gasteiger partial charge in [0.2, 0.25) is 0 Å². The van der Waals surface area contributed by atoms with Gasteiger partial charge in [-0.3, -0.25) is 4.90 Å². The fourth-order valence-electron chi connectivity index (χ4n) is 2.04. The number of ether oxygens (including phenoxy) is 1. The van der Waals surface area contributed by atoms with Crippen LogP contribution in [-0.2, 0) is 11.2 Å². The van der Waals surface area contributed by atoms with Crippen LogP contribution in [0.1, 0.15) is 23.9 Å². The number of hydrogen-bond donors (Lipinski definition) is 1. The van der Waals surface area contributed by atoms with Gasteiger partial charge in [-0.2, -0.15) is 0 Å². The van der Waals surface area contributed by atoms with Gasteiger partial charge in [-0.1, -0.05) is 0 Å². The third kappa shape index (κ3) is 1.76. The highest BCUT2D eigenvalue weighted by Gasteiger charge is 2.34. The van der Waals surface area contributed by atoms with E-state index < -0.39 is 0 Å². The van der Waals surface area contributed by atoms with Crippen LogP contribution in [0.2, 0.25) is 0 Å². The molecule has 0 bridgehead atoms. The second kappa shape index (κ2) is 4.52. The fourth-order valence-corrected chi connectivity index (χ4v) is 2.04. The number of rotatable bonds is 2. The molecule has 6 heteroatoms. The van der Waals surface area contributed by atoms with Crippen molar-refractivity contribution in [1.82, 2.24) is 9.88 Å². The van der Waals surface area contributed by atoms with Crippen molar-refractivity contribution in [3.8, 4) is 0 Å². The summed E-state index contributed by atoms with van der Waals surface area (Å²) < 4.78 is 10.1. The van der Waals surface area contributed by atoms with Crippen molar-refractivity contribution in [1.29, 1.82) is 0 Å². The summed E-state index contributed by atoms with van der Waals surface area (Å²) >= 11 is 0. The first-order chi connectivity index (χ1) is 7.77. The number of oxazole rings is 1. The Morgan fingerprint density at radius 2 is 2.62 bits per heavy atom. The smallest absolute Gasteiger partial charge is 0.410 e. The van der Waals surface area contributed by atoms with E-state index in [1.54, 1.807) is 4.90 Å². The monoisotopic (exact) mass is 225 g/mol. The molecule has 0 saturated carbocycles. The van der Waals surface area contributed by atoms with Gasteiger partial charge in [-0.25, -0.2) is 9.78 Å². The molecule has 88 valence electrons. The van der Waals surface area contributed by atoms with Crippen LogP contribution in [0.5, 0.6) is 0 Å². The number of carbonyl (C=O) groups excluding carboxylic acids is 1. The van der Waals surface area contributed by atoms with Crippen LogP contribution in [0.15, 0.2) is 10.8 Å². The molecule has 1 aromatic rings. The van der Waals surface area contributed by atoms with Crippen molar-refractivity contribution in [2.24, 2.45) is 5.73 Å². The molecule has 16 heavy (non-hydrogen) atoms. The minimum absolute atomic E-state index is 0.149. The van der Waals surface area contributed by atoms with Crippen LogP contribution in [-0.4, -0.2) is 36.2 Å². The summed E-state index contributed by atoms with van der Waals surface area (Å²) in [4.78, 5) is 17.3. The lowest BCUT2D eigenvalue weighted by atomic mass is 10.0. The number of hydrogen-bond acceptors (Lipinski definition) is 5. The number of fused-ring (bicyclic) bond motifs is 1. The molecule has 0 aliphatic carbocycles. The van der Waals surface area contributed by atoms with Gasteiger partial charge in [-0.15, -0.1) is 0 Å². The lowest BCUT2D eigenvalue weighted by molar-refractivity contribution is 0.0917. The summed E-state index contributed by atoms with van der Waals surface area (Å²) in [6.07, 6.45) is 2.41. The number of methoxy groups -OCH3 is 1. The zero-order chi connectivity index (χ0) is 11.5. The first-order valence-electron chi connectivity index (χ1n) is 5.24. The topological polar surface area (TPSA) is 81.6 Å². The second-order valence-electron chi connectivity index (χ2n) is 3.67. The standard InChI is InChI=1S/C10H15N3O3/c1-15-10(14)13-5-3-7-9(16-6-12-7)8(13)2-4-11/h6,8H,2-5,11H2,1H3. The third-order valence-electron chi connectivity index (χ3n) is 2.79. The highest BCUT2D eigenvalue weighted by molar-refractivity contribution is 5.68. The highest BCUT2D eigenvalue weighted by Crippen LogP contribution is 2.31. The Labute approximate surface area is 93.4 Å². The molecule has 1 aliphatic heterocycles. The lowest BCUT2D eigenvalue weighted by Gasteiger charge is -2.32. The fraction of sp³-hybridized carbons (Fsp3) is 0.600. The Bertz CT molecular complexity index is 377. The van der Waals surface area contributed by atoms with E-state index in [4.69, 9.17) is 14.9 Å². The second-order valence-corrected chi connectivity index (χ2v) is 3.67. The zero-order valence-corrected chi connectivity index (χ0v) is 9.18. The molecule has 6 nitrogen and oxygen atoms in total. The maximum atomic E-state index is 11.6. The van der Waals surface area contributed by atoms with Gasteiger partial charge >= 0.3 is 6.09 Å². The van der Waals surface area contributed by atoms with Crippen molar-refractivity contribution in [2.45, 2.75) is 18.9 Å². The molecule has 1 atom stereocenters. The van der Waals surface area contributed by atoms with Gasteiger partial charge in [-0.05, 0) is 13.0 Å². The van der Waals surface area contributed by atoms with Gasteiger partial charge in [0.05, 0.1) is 18.8 Å². The van der Waals surface area contributed by atoms with Gasteiger partial charge in [0.1, 0.15) is 5.76 Å². The molecule has 0 fully saturated rings. The minimum Gasteiger partial charge on any atom is -0.453 e. The van der Waals surface area contributed by atoms with Crippen molar-refractivity contribution >= 4 is 6.09 Å². The van der Waals surface area contributed by atoms with E-state index in [2.05, 4.69) is 4.98 Å². The lowest BCUT2D eigenvalue weighted by Crippen LogP contribution is -2.40. The number of amides is 1. The Balaban J connectivity index is 2.26. The molecular formula is C10H15N3O3. The maximum Gasteiger partial charge on any atom is 0.410 e. The summed E-state index contributed by atoms with van der Waals surface area (Å²) in [5, 5.41) is 0. The minimum atomic E-state index is -0.347. The predicted octanol–water partition coefficient (Wildman–Crippen LogP) is 0.689. The maximum absolute atomic E-state index is 11.6. The van der Waals surface area contributed by atoms with E-state index in [1.807, 2.05) is 0 Å². The molecule has 2 rings (SSSR count). The number of aromatic nitrogens is 1. The number of nitrogens with two attached hydrogens (primary N) is 1. The molecule has 0 saturated heterocycles. The number of carbonyl (C=O) groups is 1. The average molecular weight is 225 g/mol. The summed E-state index contributed by atoms with van der Waals surface area (Å²) in [7, 11) is 1.37. The van der Waals surface area contributed by atoms with Crippen LogP contribution in [0.4, 0.5) is 4.79 Å². The normalized spacial score (nSPS) is 19.4. The molecular weight excluding hydrogens is 210 g/mol. The van der Waals surface area contributed by atoms with Crippen molar-refractivity contribution in [3.63, 3.8) is 0 Å². The zero-order valence-electron chi connectivity index (χ0n) is 9.18.